The Hall–Kier alpha value is -2.28. The van der Waals surface area contributed by atoms with Gasteiger partial charge >= 0.3 is 0 Å². The van der Waals surface area contributed by atoms with Crippen molar-refractivity contribution in [1.82, 2.24) is 0 Å². The lowest BCUT2D eigenvalue weighted by molar-refractivity contribution is 0.322. The van der Waals surface area contributed by atoms with Gasteiger partial charge in [-0.2, -0.15) is 0 Å². The van der Waals surface area contributed by atoms with Crippen molar-refractivity contribution in [2.24, 2.45) is 0 Å². The molecule has 0 radical (unpaired) electrons. The van der Waals surface area contributed by atoms with Gasteiger partial charge in [0.2, 0.25) is 0 Å². The topological polar surface area (TPSA) is 64.6 Å². The Bertz CT molecular complexity index is 760. The molecule has 0 aliphatic heterocycles. The van der Waals surface area contributed by atoms with Crippen molar-refractivity contribution < 1.29 is 22.3 Å². The first-order valence-corrected chi connectivity index (χ1v) is 8.62. The predicted molar refractivity (Wildman–Crippen MR) is 86.0 cm³/mol. The van der Waals surface area contributed by atoms with Gasteiger partial charge in [0.05, 0.1) is 13.2 Å². The lowest BCUT2D eigenvalue weighted by atomic mass is 10.3. The second-order valence-corrected chi connectivity index (χ2v) is 6.24. The normalized spacial score (nSPS) is 11.1. The number of halogens is 1. The van der Waals surface area contributed by atoms with Gasteiger partial charge in [-0.3, -0.25) is 4.72 Å². The third kappa shape index (κ3) is 4.35. The first kappa shape index (κ1) is 17.1. The second kappa shape index (κ2) is 7.32. The average molecular weight is 339 g/mol. The molecule has 0 saturated carbocycles. The number of sulfonamides is 1. The van der Waals surface area contributed by atoms with Crippen LogP contribution in [-0.2, 0) is 10.0 Å². The molecule has 2 aromatic carbocycles. The van der Waals surface area contributed by atoms with Crippen molar-refractivity contribution in [3.8, 4) is 11.5 Å². The summed E-state index contributed by atoms with van der Waals surface area (Å²) in [6, 6.07) is 9.65. The highest BCUT2D eigenvalue weighted by Crippen LogP contribution is 2.30. The summed E-state index contributed by atoms with van der Waals surface area (Å²) in [5.41, 5.74) is 0.260. The zero-order valence-corrected chi connectivity index (χ0v) is 13.7. The molecule has 2 aromatic rings. The van der Waals surface area contributed by atoms with Gasteiger partial charge in [0.1, 0.15) is 22.2 Å². The van der Waals surface area contributed by atoms with Crippen molar-refractivity contribution in [3.63, 3.8) is 0 Å². The van der Waals surface area contributed by atoms with Gasteiger partial charge < -0.3 is 9.47 Å². The molecule has 7 heteroatoms. The summed E-state index contributed by atoms with van der Waals surface area (Å²) in [5.74, 6) is 0.210. The highest BCUT2D eigenvalue weighted by molar-refractivity contribution is 7.92. The molecular formula is C16H18FNO4S. The zero-order chi connectivity index (χ0) is 16.9. The molecule has 0 unspecified atom stereocenters. The fourth-order valence-corrected chi connectivity index (χ4v) is 3.18. The summed E-state index contributed by atoms with van der Waals surface area (Å²) in [5, 5.41) is 0. The van der Waals surface area contributed by atoms with Crippen LogP contribution in [0.1, 0.15) is 13.8 Å². The molecule has 0 heterocycles. The first-order valence-electron chi connectivity index (χ1n) is 7.14. The van der Waals surface area contributed by atoms with E-state index in [0.29, 0.717) is 19.0 Å². The molecule has 2 rings (SSSR count). The van der Waals surface area contributed by atoms with E-state index in [2.05, 4.69) is 4.72 Å². The third-order valence-corrected chi connectivity index (χ3v) is 4.31. The minimum absolute atomic E-state index is 0.0328. The van der Waals surface area contributed by atoms with Crippen molar-refractivity contribution in [3.05, 3.63) is 48.3 Å². The Kier molecular flexibility index (Phi) is 5.44. The van der Waals surface area contributed by atoms with Crippen molar-refractivity contribution in [1.29, 1.82) is 0 Å². The van der Waals surface area contributed by atoms with Crippen LogP contribution in [0, 0.1) is 5.82 Å². The molecule has 0 bridgehead atoms. The van der Waals surface area contributed by atoms with Crippen LogP contribution in [-0.4, -0.2) is 21.6 Å². The highest BCUT2D eigenvalue weighted by Gasteiger charge is 2.21. The number of anilines is 1. The van der Waals surface area contributed by atoms with E-state index < -0.39 is 15.8 Å². The number of benzene rings is 2. The Labute approximate surface area is 135 Å². The smallest absolute Gasteiger partial charge is 0.265 e. The maximum absolute atomic E-state index is 12.9. The van der Waals surface area contributed by atoms with E-state index in [9.17, 15) is 12.8 Å². The van der Waals surface area contributed by atoms with Crippen molar-refractivity contribution in [2.75, 3.05) is 17.9 Å². The maximum Gasteiger partial charge on any atom is 0.265 e. The molecule has 0 aromatic heterocycles. The van der Waals surface area contributed by atoms with Crippen LogP contribution in [0.5, 0.6) is 11.5 Å². The lowest BCUT2D eigenvalue weighted by Crippen LogP contribution is -2.14. The van der Waals surface area contributed by atoms with Crippen molar-refractivity contribution in [2.45, 2.75) is 18.7 Å². The monoisotopic (exact) mass is 339 g/mol. The van der Waals surface area contributed by atoms with E-state index in [1.165, 1.54) is 30.3 Å². The number of hydrogen-bond acceptors (Lipinski definition) is 4. The fourth-order valence-electron chi connectivity index (χ4n) is 1.96. The number of ether oxygens (including phenoxy) is 2. The highest BCUT2D eigenvalue weighted by atomic mass is 32.2. The van der Waals surface area contributed by atoms with E-state index in [1.807, 2.05) is 0 Å². The summed E-state index contributed by atoms with van der Waals surface area (Å²) < 4.78 is 51.2. The molecule has 0 saturated heterocycles. The lowest BCUT2D eigenvalue weighted by Gasteiger charge is -2.14. The van der Waals surface area contributed by atoms with Crippen molar-refractivity contribution >= 4 is 15.7 Å². The fraction of sp³-hybridized carbons (Fsp3) is 0.250. The molecule has 23 heavy (non-hydrogen) atoms. The maximum atomic E-state index is 12.9. The second-order valence-electron chi connectivity index (χ2n) is 4.59. The van der Waals surface area contributed by atoms with Gasteiger partial charge in [0, 0.05) is 11.8 Å². The van der Waals surface area contributed by atoms with Gasteiger partial charge in [0.15, 0.2) is 0 Å². The van der Waals surface area contributed by atoms with Crippen LogP contribution in [0.4, 0.5) is 10.1 Å². The molecule has 124 valence electrons. The van der Waals surface area contributed by atoms with Gasteiger partial charge in [0.25, 0.3) is 10.0 Å². The van der Waals surface area contributed by atoms with Gasteiger partial charge in [-0.1, -0.05) is 0 Å². The standard InChI is InChI=1S/C16H18FNO4S/c1-3-21-14-9-10-15(22-4-2)16(11-14)23(19,20)18-13-7-5-12(17)6-8-13/h5-11,18H,3-4H2,1-2H3. The van der Waals surface area contributed by atoms with E-state index in [0.717, 1.165) is 0 Å². The van der Waals surface area contributed by atoms with Crippen LogP contribution in [0.2, 0.25) is 0 Å². The Balaban J connectivity index is 2.39. The van der Waals surface area contributed by atoms with Crippen LogP contribution in [0.15, 0.2) is 47.4 Å². The van der Waals surface area contributed by atoms with E-state index in [1.54, 1.807) is 26.0 Å². The molecule has 1 N–H and O–H groups in total. The summed E-state index contributed by atoms with van der Waals surface area (Å²) in [6.45, 7) is 4.31. The molecular weight excluding hydrogens is 321 g/mol. The minimum atomic E-state index is -3.90. The molecule has 0 aliphatic rings. The quantitative estimate of drug-likeness (QED) is 0.839. The summed E-state index contributed by atoms with van der Waals surface area (Å²) >= 11 is 0. The summed E-state index contributed by atoms with van der Waals surface area (Å²) in [7, 11) is -3.90. The first-order chi connectivity index (χ1) is 11.0. The van der Waals surface area contributed by atoms with E-state index in [-0.39, 0.29) is 16.3 Å². The molecule has 0 spiro atoms. The molecule has 0 fully saturated rings. The Morgan fingerprint density at radius 2 is 1.65 bits per heavy atom. The minimum Gasteiger partial charge on any atom is -0.494 e. The number of hydrogen-bond donors (Lipinski definition) is 1. The summed E-state index contributed by atoms with van der Waals surface area (Å²) in [4.78, 5) is -0.0328. The largest absolute Gasteiger partial charge is 0.494 e. The van der Waals surface area contributed by atoms with Gasteiger partial charge in [-0.15, -0.1) is 0 Å². The van der Waals surface area contributed by atoms with Crippen LogP contribution >= 0.6 is 0 Å². The molecule has 0 amide bonds. The number of nitrogens with one attached hydrogen (secondary N) is 1. The van der Waals surface area contributed by atoms with Gasteiger partial charge in [-0.25, -0.2) is 12.8 Å². The van der Waals surface area contributed by atoms with Crippen LogP contribution in [0.3, 0.4) is 0 Å². The van der Waals surface area contributed by atoms with E-state index >= 15 is 0 Å². The zero-order valence-electron chi connectivity index (χ0n) is 12.9. The average Bonchev–Trinajstić information content (AvgIpc) is 2.51. The van der Waals surface area contributed by atoms with Gasteiger partial charge in [-0.05, 0) is 50.2 Å². The number of rotatable bonds is 7. The SMILES string of the molecule is CCOc1ccc(OCC)c(S(=O)(=O)Nc2ccc(F)cc2)c1. The van der Waals surface area contributed by atoms with Crippen LogP contribution < -0.4 is 14.2 Å². The molecule has 0 atom stereocenters. The van der Waals surface area contributed by atoms with Crippen LogP contribution in [0.25, 0.3) is 0 Å². The summed E-state index contributed by atoms with van der Waals surface area (Å²) in [6.07, 6.45) is 0. The predicted octanol–water partition coefficient (Wildman–Crippen LogP) is 3.42. The molecule has 5 nitrogen and oxygen atoms in total. The van der Waals surface area contributed by atoms with E-state index in [4.69, 9.17) is 9.47 Å². The molecule has 0 aliphatic carbocycles. The Morgan fingerprint density at radius 3 is 2.26 bits per heavy atom. The third-order valence-electron chi connectivity index (χ3n) is 2.91. The Morgan fingerprint density at radius 1 is 1.00 bits per heavy atom.